The highest BCUT2D eigenvalue weighted by Crippen LogP contribution is 2.29. The van der Waals surface area contributed by atoms with Crippen molar-refractivity contribution in [1.29, 1.82) is 0 Å². The maximum Gasteiger partial charge on any atom is 0.408 e. The number of piperidine rings is 1. The lowest BCUT2D eigenvalue weighted by atomic mass is 9.84. The van der Waals surface area contributed by atoms with Gasteiger partial charge in [0.05, 0.1) is 13.7 Å². The molecule has 3 rings (SSSR count). The number of rotatable bonds is 10. The fourth-order valence-electron chi connectivity index (χ4n) is 4.35. The van der Waals surface area contributed by atoms with E-state index in [2.05, 4.69) is 27.3 Å². The SMILES string of the molecule is CCc1noc(N2CCC([C@H](C)CCOc3ccc(C(NC(=O)OC(C)(C)C)C(=O)OC)cc3)CC2)n1. The van der Waals surface area contributed by atoms with E-state index in [1.165, 1.54) is 7.11 Å². The number of anilines is 1. The van der Waals surface area contributed by atoms with Gasteiger partial charge < -0.3 is 29.0 Å². The average molecular weight is 517 g/mol. The van der Waals surface area contributed by atoms with E-state index in [1.807, 2.05) is 6.92 Å². The number of esters is 1. The van der Waals surface area contributed by atoms with Crippen LogP contribution in [0.2, 0.25) is 0 Å². The molecule has 10 heteroatoms. The van der Waals surface area contributed by atoms with Crippen molar-refractivity contribution in [3.8, 4) is 5.75 Å². The molecule has 37 heavy (non-hydrogen) atoms. The summed E-state index contributed by atoms with van der Waals surface area (Å²) < 4.78 is 21.5. The van der Waals surface area contributed by atoms with Crippen molar-refractivity contribution >= 4 is 18.1 Å². The minimum Gasteiger partial charge on any atom is -0.494 e. The Hall–Kier alpha value is -3.30. The Balaban J connectivity index is 1.45. The molecular weight excluding hydrogens is 476 g/mol. The molecule has 2 atom stereocenters. The molecular formula is C27H40N4O6. The van der Waals surface area contributed by atoms with Crippen LogP contribution in [0.15, 0.2) is 28.8 Å². The lowest BCUT2D eigenvalue weighted by Crippen LogP contribution is -2.38. The summed E-state index contributed by atoms with van der Waals surface area (Å²) in [5.74, 6) is 2.02. The molecule has 1 fully saturated rings. The molecule has 2 aromatic rings. The smallest absolute Gasteiger partial charge is 0.408 e. The van der Waals surface area contributed by atoms with E-state index in [0.717, 1.165) is 44.6 Å². The van der Waals surface area contributed by atoms with E-state index in [9.17, 15) is 9.59 Å². The Bertz CT molecular complexity index is 1010. The highest BCUT2D eigenvalue weighted by molar-refractivity contribution is 5.82. The van der Waals surface area contributed by atoms with Crippen LogP contribution in [-0.4, -0.2) is 54.6 Å². The molecule has 1 amide bonds. The second-order valence-corrected chi connectivity index (χ2v) is 10.5. The fourth-order valence-corrected chi connectivity index (χ4v) is 4.35. The van der Waals surface area contributed by atoms with Crippen molar-refractivity contribution in [3.05, 3.63) is 35.7 Å². The molecule has 0 radical (unpaired) electrons. The number of hydrogen-bond acceptors (Lipinski definition) is 9. The monoisotopic (exact) mass is 516 g/mol. The maximum atomic E-state index is 12.3. The summed E-state index contributed by atoms with van der Waals surface area (Å²) in [5.41, 5.74) is -0.0962. The highest BCUT2D eigenvalue weighted by atomic mass is 16.6. The third kappa shape index (κ3) is 8.36. The van der Waals surface area contributed by atoms with E-state index in [0.29, 0.717) is 35.8 Å². The number of methoxy groups -OCH3 is 1. The van der Waals surface area contributed by atoms with Crippen LogP contribution in [0.4, 0.5) is 10.8 Å². The average Bonchev–Trinajstić information content (AvgIpc) is 3.36. The third-order valence-electron chi connectivity index (χ3n) is 6.54. The Kier molecular flexibility index (Phi) is 9.77. The van der Waals surface area contributed by atoms with Gasteiger partial charge in [-0.2, -0.15) is 4.98 Å². The summed E-state index contributed by atoms with van der Waals surface area (Å²) >= 11 is 0. The Morgan fingerprint density at radius 3 is 2.43 bits per heavy atom. The van der Waals surface area contributed by atoms with Crippen molar-refractivity contribution in [1.82, 2.24) is 15.5 Å². The molecule has 10 nitrogen and oxygen atoms in total. The summed E-state index contributed by atoms with van der Waals surface area (Å²) in [6, 6.07) is 6.73. The molecule has 2 heterocycles. The number of hydrogen-bond donors (Lipinski definition) is 1. The van der Waals surface area contributed by atoms with E-state index in [4.69, 9.17) is 18.7 Å². The molecule has 1 aromatic carbocycles. The molecule has 0 aliphatic carbocycles. The number of amides is 1. The lowest BCUT2D eigenvalue weighted by molar-refractivity contribution is -0.143. The van der Waals surface area contributed by atoms with Gasteiger partial charge in [0, 0.05) is 19.5 Å². The van der Waals surface area contributed by atoms with Crippen LogP contribution in [0.25, 0.3) is 0 Å². The van der Waals surface area contributed by atoms with Gasteiger partial charge in [-0.15, -0.1) is 0 Å². The number of nitrogens with one attached hydrogen (secondary N) is 1. The van der Waals surface area contributed by atoms with Crippen LogP contribution in [0, 0.1) is 11.8 Å². The molecule has 204 valence electrons. The van der Waals surface area contributed by atoms with Gasteiger partial charge in [0.2, 0.25) is 0 Å². The predicted molar refractivity (Wildman–Crippen MR) is 138 cm³/mol. The predicted octanol–water partition coefficient (Wildman–Crippen LogP) is 4.69. The van der Waals surface area contributed by atoms with Crippen molar-refractivity contribution in [2.75, 3.05) is 31.7 Å². The topological polar surface area (TPSA) is 116 Å². The molecule has 1 aliphatic heterocycles. The number of ether oxygens (including phenoxy) is 3. The first-order valence-corrected chi connectivity index (χ1v) is 13.0. The minimum atomic E-state index is -0.972. The molecule has 0 saturated carbocycles. The zero-order valence-electron chi connectivity index (χ0n) is 22.8. The first kappa shape index (κ1) is 28.3. The van der Waals surface area contributed by atoms with Crippen molar-refractivity contribution in [2.45, 2.75) is 71.9 Å². The zero-order chi connectivity index (χ0) is 27.0. The van der Waals surface area contributed by atoms with Crippen LogP contribution >= 0.6 is 0 Å². The standard InChI is InChI=1S/C27H40N4O6/c1-7-22-28-25(37-30-22)31-15-12-19(13-16-31)18(2)14-17-35-21-10-8-20(9-11-21)23(24(32)34-6)29-26(33)36-27(3,4)5/h8-11,18-19,23H,7,12-17H2,1-6H3,(H,29,33)/t18-,23?/m1/s1. The minimum absolute atomic E-state index is 0.525. The number of carbonyl (C=O) groups excluding carboxylic acids is 2. The van der Waals surface area contributed by atoms with Crippen LogP contribution in [0.5, 0.6) is 5.75 Å². The summed E-state index contributed by atoms with van der Waals surface area (Å²) in [7, 11) is 1.28. The molecule has 1 aliphatic rings. The van der Waals surface area contributed by atoms with Crippen LogP contribution in [0.3, 0.4) is 0 Å². The van der Waals surface area contributed by atoms with Gasteiger partial charge in [-0.25, -0.2) is 9.59 Å². The normalized spacial score (nSPS) is 16.1. The van der Waals surface area contributed by atoms with Crippen molar-refractivity contribution in [3.63, 3.8) is 0 Å². The number of aryl methyl sites for hydroxylation is 1. The summed E-state index contributed by atoms with van der Waals surface area (Å²) in [6.07, 6.45) is 3.19. The molecule has 0 bridgehead atoms. The summed E-state index contributed by atoms with van der Waals surface area (Å²) in [5, 5.41) is 6.57. The van der Waals surface area contributed by atoms with E-state index in [-0.39, 0.29) is 0 Å². The first-order chi connectivity index (χ1) is 17.6. The van der Waals surface area contributed by atoms with E-state index in [1.54, 1.807) is 45.0 Å². The van der Waals surface area contributed by atoms with Crippen LogP contribution in [-0.2, 0) is 20.7 Å². The molecule has 1 N–H and O–H groups in total. The van der Waals surface area contributed by atoms with E-state index >= 15 is 0 Å². The van der Waals surface area contributed by atoms with Gasteiger partial charge in [0.15, 0.2) is 11.9 Å². The van der Waals surface area contributed by atoms with Gasteiger partial charge in [0.1, 0.15) is 11.4 Å². The number of alkyl carbamates (subject to hydrolysis) is 1. The molecule has 1 saturated heterocycles. The second kappa shape index (κ2) is 12.8. The Morgan fingerprint density at radius 1 is 1.19 bits per heavy atom. The molecule has 1 aromatic heterocycles. The van der Waals surface area contributed by atoms with Gasteiger partial charge in [0.25, 0.3) is 0 Å². The fraction of sp³-hybridized carbons (Fsp3) is 0.630. The third-order valence-corrected chi connectivity index (χ3v) is 6.54. The van der Waals surface area contributed by atoms with Crippen LogP contribution in [0.1, 0.15) is 71.3 Å². The van der Waals surface area contributed by atoms with Gasteiger partial charge >= 0.3 is 18.1 Å². The zero-order valence-corrected chi connectivity index (χ0v) is 22.8. The molecule has 0 spiro atoms. The highest BCUT2D eigenvalue weighted by Gasteiger charge is 2.28. The largest absolute Gasteiger partial charge is 0.494 e. The van der Waals surface area contributed by atoms with Crippen molar-refractivity contribution < 1.29 is 28.3 Å². The maximum absolute atomic E-state index is 12.3. The summed E-state index contributed by atoms with van der Waals surface area (Å²) in [4.78, 5) is 31.1. The van der Waals surface area contributed by atoms with Gasteiger partial charge in [-0.1, -0.05) is 31.1 Å². The second-order valence-electron chi connectivity index (χ2n) is 10.5. The summed E-state index contributed by atoms with van der Waals surface area (Å²) in [6.45, 7) is 12.0. The van der Waals surface area contributed by atoms with Crippen LogP contribution < -0.4 is 15.0 Å². The Morgan fingerprint density at radius 2 is 1.86 bits per heavy atom. The lowest BCUT2D eigenvalue weighted by Gasteiger charge is -2.33. The van der Waals surface area contributed by atoms with Gasteiger partial charge in [-0.05, 0) is 69.6 Å². The quantitative estimate of drug-likeness (QED) is 0.449. The first-order valence-electron chi connectivity index (χ1n) is 13.0. The number of benzene rings is 1. The molecule has 1 unspecified atom stereocenters. The number of carbonyl (C=O) groups is 2. The van der Waals surface area contributed by atoms with Crippen molar-refractivity contribution in [2.24, 2.45) is 11.8 Å². The Labute approximate surface area is 219 Å². The number of nitrogens with zero attached hydrogens (tertiary/aromatic N) is 3. The van der Waals surface area contributed by atoms with E-state index < -0.39 is 23.7 Å². The number of aromatic nitrogens is 2. The van der Waals surface area contributed by atoms with Gasteiger partial charge in [-0.3, -0.25) is 0 Å².